The van der Waals surface area contributed by atoms with Crippen LogP contribution in [0.25, 0.3) is 0 Å². The number of carbonyl (C=O) groups excluding carboxylic acids is 1. The molecule has 0 N–H and O–H groups in total. The predicted molar refractivity (Wildman–Crippen MR) is 114 cm³/mol. The average Bonchev–Trinajstić information content (AvgIpc) is 2.99. The number of esters is 1. The molecule has 0 amide bonds. The molecular formula is C24H36N2O3. The van der Waals surface area contributed by atoms with Crippen molar-refractivity contribution in [2.24, 2.45) is 5.41 Å². The molecule has 5 nitrogen and oxygen atoms in total. The van der Waals surface area contributed by atoms with E-state index in [9.17, 15) is 4.79 Å². The summed E-state index contributed by atoms with van der Waals surface area (Å²) in [4.78, 5) is 17.6. The molecule has 1 spiro atoms. The highest BCUT2D eigenvalue weighted by atomic mass is 16.6. The Morgan fingerprint density at radius 1 is 1.00 bits per heavy atom. The highest BCUT2D eigenvalue weighted by Crippen LogP contribution is 2.43. The summed E-state index contributed by atoms with van der Waals surface area (Å²) in [6.45, 7) is 14.0. The lowest BCUT2D eigenvalue weighted by Gasteiger charge is -2.36. The Morgan fingerprint density at radius 3 is 2.28 bits per heavy atom. The van der Waals surface area contributed by atoms with Crippen molar-refractivity contribution >= 4 is 5.97 Å². The van der Waals surface area contributed by atoms with Gasteiger partial charge in [0.25, 0.3) is 0 Å². The van der Waals surface area contributed by atoms with E-state index in [-0.39, 0.29) is 22.9 Å². The average molecular weight is 401 g/mol. The summed E-state index contributed by atoms with van der Waals surface area (Å²) in [5.41, 5.74) is 2.67. The molecule has 4 rings (SSSR count). The van der Waals surface area contributed by atoms with Gasteiger partial charge in [-0.15, -0.1) is 0 Å². The molecule has 160 valence electrons. The van der Waals surface area contributed by atoms with Crippen molar-refractivity contribution < 1.29 is 14.3 Å². The maximum atomic E-state index is 12.7. The van der Waals surface area contributed by atoms with E-state index in [1.54, 1.807) is 0 Å². The summed E-state index contributed by atoms with van der Waals surface area (Å²) in [7, 11) is 0. The quantitative estimate of drug-likeness (QED) is 0.726. The standard InChI is InChI=1S/C24H36N2O3/c1-23(2,3)20-6-4-19(5-7-20)17-25-10-8-24(9-11-25)16-21(29-22(24)27)18-26-12-14-28-15-13-26/h4-7,21H,8-18H2,1-3H3. The van der Waals surface area contributed by atoms with Crippen molar-refractivity contribution in [1.29, 1.82) is 0 Å². The fraction of sp³-hybridized carbons (Fsp3) is 0.708. The first-order valence-corrected chi connectivity index (χ1v) is 11.2. The SMILES string of the molecule is CC(C)(C)c1ccc(CN2CCC3(CC2)CC(CN2CCOCC2)OC3=O)cc1. The Balaban J connectivity index is 1.29. The number of ether oxygens (including phenoxy) is 2. The zero-order valence-corrected chi connectivity index (χ0v) is 18.3. The summed E-state index contributed by atoms with van der Waals surface area (Å²) >= 11 is 0. The van der Waals surface area contributed by atoms with Crippen LogP contribution in [0.15, 0.2) is 24.3 Å². The Morgan fingerprint density at radius 2 is 1.66 bits per heavy atom. The third-order valence-corrected chi connectivity index (χ3v) is 6.93. The summed E-state index contributed by atoms with van der Waals surface area (Å²) in [6, 6.07) is 9.02. The van der Waals surface area contributed by atoms with Crippen LogP contribution < -0.4 is 0 Å². The van der Waals surface area contributed by atoms with Gasteiger partial charge >= 0.3 is 5.97 Å². The van der Waals surface area contributed by atoms with Crippen LogP contribution in [0.3, 0.4) is 0 Å². The van der Waals surface area contributed by atoms with Gasteiger partial charge in [0.2, 0.25) is 0 Å². The van der Waals surface area contributed by atoms with Gasteiger partial charge in [-0.05, 0) is 42.5 Å². The molecular weight excluding hydrogens is 364 g/mol. The van der Waals surface area contributed by atoms with Crippen LogP contribution in [0.4, 0.5) is 0 Å². The minimum absolute atomic E-state index is 0.0462. The topological polar surface area (TPSA) is 42.0 Å². The number of cyclic esters (lactones) is 1. The fourth-order valence-electron chi connectivity index (χ4n) is 4.93. The smallest absolute Gasteiger partial charge is 0.312 e. The zero-order chi connectivity index (χ0) is 20.5. The highest BCUT2D eigenvalue weighted by molar-refractivity contribution is 5.79. The Kier molecular flexibility index (Phi) is 6.01. The first-order valence-electron chi connectivity index (χ1n) is 11.2. The third kappa shape index (κ3) is 4.84. The van der Waals surface area contributed by atoms with E-state index in [0.29, 0.717) is 0 Å². The molecule has 0 bridgehead atoms. The summed E-state index contributed by atoms with van der Waals surface area (Å²) in [5, 5.41) is 0. The van der Waals surface area contributed by atoms with Gasteiger partial charge in [0.1, 0.15) is 6.10 Å². The molecule has 3 aliphatic rings. The van der Waals surface area contributed by atoms with E-state index in [0.717, 1.165) is 71.7 Å². The summed E-state index contributed by atoms with van der Waals surface area (Å²) in [6.07, 6.45) is 2.78. The second-order valence-electron chi connectivity index (χ2n) is 10.1. The normalized spacial score (nSPS) is 26.0. The Bertz CT molecular complexity index is 696. The lowest BCUT2D eigenvalue weighted by atomic mass is 9.76. The van der Waals surface area contributed by atoms with Gasteiger partial charge in [0, 0.05) is 32.6 Å². The van der Waals surface area contributed by atoms with Gasteiger partial charge in [0.15, 0.2) is 0 Å². The molecule has 1 atom stereocenters. The van der Waals surface area contributed by atoms with Gasteiger partial charge in [-0.2, -0.15) is 0 Å². The molecule has 3 heterocycles. The first-order chi connectivity index (χ1) is 13.8. The number of carbonyl (C=O) groups is 1. The van der Waals surface area contributed by atoms with E-state index >= 15 is 0 Å². The van der Waals surface area contributed by atoms with Crippen molar-refractivity contribution in [1.82, 2.24) is 9.80 Å². The number of morpholine rings is 1. The minimum Gasteiger partial charge on any atom is -0.461 e. The van der Waals surface area contributed by atoms with Crippen LogP contribution >= 0.6 is 0 Å². The minimum atomic E-state index is -0.246. The molecule has 1 aromatic rings. The second-order valence-corrected chi connectivity index (χ2v) is 10.1. The molecule has 0 radical (unpaired) electrons. The summed E-state index contributed by atoms with van der Waals surface area (Å²) in [5.74, 6) is 0.0462. The van der Waals surface area contributed by atoms with Crippen molar-refractivity contribution in [3.8, 4) is 0 Å². The molecule has 3 fully saturated rings. The maximum Gasteiger partial charge on any atom is 0.312 e. The van der Waals surface area contributed by atoms with Crippen molar-refractivity contribution in [3.05, 3.63) is 35.4 Å². The van der Waals surface area contributed by atoms with E-state index in [1.165, 1.54) is 11.1 Å². The number of hydrogen-bond acceptors (Lipinski definition) is 5. The first kappa shape index (κ1) is 20.8. The number of likely N-dealkylation sites (tertiary alicyclic amines) is 1. The number of benzene rings is 1. The molecule has 1 unspecified atom stereocenters. The van der Waals surface area contributed by atoms with Gasteiger partial charge in [-0.25, -0.2) is 0 Å². The van der Waals surface area contributed by atoms with Gasteiger partial charge in [-0.1, -0.05) is 45.0 Å². The summed E-state index contributed by atoms with van der Waals surface area (Å²) < 4.78 is 11.2. The van der Waals surface area contributed by atoms with Crippen LogP contribution in [-0.4, -0.2) is 67.8 Å². The molecule has 0 aliphatic carbocycles. The molecule has 29 heavy (non-hydrogen) atoms. The molecule has 0 saturated carbocycles. The fourth-order valence-corrected chi connectivity index (χ4v) is 4.93. The predicted octanol–water partition coefficient (Wildman–Crippen LogP) is 3.21. The Labute approximate surface area is 175 Å². The van der Waals surface area contributed by atoms with Crippen LogP contribution in [0.1, 0.15) is 51.2 Å². The third-order valence-electron chi connectivity index (χ3n) is 6.93. The molecule has 5 heteroatoms. The number of nitrogens with zero attached hydrogens (tertiary/aromatic N) is 2. The maximum absolute atomic E-state index is 12.7. The molecule has 3 saturated heterocycles. The van der Waals surface area contributed by atoms with Crippen LogP contribution in [0.2, 0.25) is 0 Å². The largest absolute Gasteiger partial charge is 0.461 e. The number of piperidine rings is 1. The van der Waals surface area contributed by atoms with E-state index < -0.39 is 0 Å². The van der Waals surface area contributed by atoms with Crippen molar-refractivity contribution in [2.45, 2.75) is 58.1 Å². The molecule has 3 aliphatic heterocycles. The lowest BCUT2D eigenvalue weighted by molar-refractivity contribution is -0.151. The highest BCUT2D eigenvalue weighted by Gasteiger charge is 2.50. The molecule has 1 aromatic carbocycles. The number of rotatable bonds is 4. The van der Waals surface area contributed by atoms with E-state index in [4.69, 9.17) is 9.47 Å². The van der Waals surface area contributed by atoms with E-state index in [1.807, 2.05) is 0 Å². The number of hydrogen-bond donors (Lipinski definition) is 0. The zero-order valence-electron chi connectivity index (χ0n) is 18.3. The van der Waals surface area contributed by atoms with Gasteiger partial charge in [0.05, 0.1) is 18.6 Å². The van der Waals surface area contributed by atoms with Crippen molar-refractivity contribution in [2.75, 3.05) is 45.9 Å². The second kappa shape index (κ2) is 8.37. The van der Waals surface area contributed by atoms with Gasteiger partial charge < -0.3 is 9.47 Å². The monoisotopic (exact) mass is 400 g/mol. The van der Waals surface area contributed by atoms with Crippen molar-refractivity contribution in [3.63, 3.8) is 0 Å². The molecule has 0 aromatic heterocycles. The van der Waals surface area contributed by atoms with Crippen LogP contribution in [-0.2, 0) is 26.2 Å². The lowest BCUT2D eigenvalue weighted by Crippen LogP contribution is -2.43. The van der Waals surface area contributed by atoms with Crippen LogP contribution in [0, 0.1) is 5.41 Å². The van der Waals surface area contributed by atoms with Gasteiger partial charge in [-0.3, -0.25) is 14.6 Å². The van der Waals surface area contributed by atoms with E-state index in [2.05, 4.69) is 54.8 Å². The van der Waals surface area contributed by atoms with Crippen LogP contribution in [0.5, 0.6) is 0 Å². The Hall–Kier alpha value is -1.43.